The predicted octanol–water partition coefficient (Wildman–Crippen LogP) is 1.15. The smallest absolute Gasteiger partial charge is 0.214 e. The highest BCUT2D eigenvalue weighted by atomic mass is 16.3. The molecule has 1 atom stereocenters. The van der Waals surface area contributed by atoms with Crippen molar-refractivity contribution in [1.29, 1.82) is 0 Å². The highest BCUT2D eigenvalue weighted by molar-refractivity contribution is 5.28. The number of aromatic nitrogens is 2. The number of hydrogen-bond donors (Lipinski definition) is 1. The lowest BCUT2D eigenvalue weighted by Gasteiger charge is -2.11. The zero-order valence-corrected chi connectivity index (χ0v) is 10.2. The Kier molecular flexibility index (Phi) is 2.32. The fourth-order valence-corrected chi connectivity index (χ4v) is 3.39. The molecule has 3 rings (SSSR count). The van der Waals surface area contributed by atoms with E-state index in [-0.39, 0.29) is 6.10 Å². The van der Waals surface area contributed by atoms with Gasteiger partial charge in [-0.2, -0.15) is 4.68 Å². The van der Waals surface area contributed by atoms with Crippen LogP contribution in [0.3, 0.4) is 0 Å². The normalized spacial score (nSPS) is 23.6. The molecule has 16 heavy (non-hydrogen) atoms. The number of fused-ring (bicyclic) bond motifs is 3. The fraction of sp³-hybridized carbons (Fsp3) is 0.769. The molecule has 1 aliphatic heterocycles. The molecule has 1 aliphatic carbocycles. The van der Waals surface area contributed by atoms with Crippen LogP contribution in [0.25, 0.3) is 0 Å². The number of aliphatic hydroxyl groups excluding tert-OH is 1. The Labute approximate surface area is 96.7 Å². The van der Waals surface area contributed by atoms with Crippen LogP contribution in [-0.2, 0) is 25.9 Å². The molecule has 2 heterocycles. The van der Waals surface area contributed by atoms with Gasteiger partial charge in [-0.05, 0) is 25.7 Å². The van der Waals surface area contributed by atoms with Gasteiger partial charge in [-0.25, -0.2) is 0 Å². The SMILES string of the molecule is CC(C)c1c2c(n3[n+]1CC(O)C3)CCCC2. The lowest BCUT2D eigenvalue weighted by molar-refractivity contribution is -0.767. The summed E-state index contributed by atoms with van der Waals surface area (Å²) in [5, 5.41) is 9.81. The van der Waals surface area contributed by atoms with Crippen LogP contribution in [0.1, 0.15) is 49.6 Å². The Morgan fingerprint density at radius 2 is 2.06 bits per heavy atom. The molecule has 0 spiro atoms. The molecule has 0 aromatic carbocycles. The Morgan fingerprint density at radius 1 is 1.31 bits per heavy atom. The van der Waals surface area contributed by atoms with Crippen molar-refractivity contribution in [3.63, 3.8) is 0 Å². The summed E-state index contributed by atoms with van der Waals surface area (Å²) in [6.45, 7) is 6.13. The van der Waals surface area contributed by atoms with E-state index in [2.05, 4.69) is 23.2 Å². The molecule has 1 aromatic heterocycles. The number of hydrogen-bond acceptors (Lipinski definition) is 1. The van der Waals surface area contributed by atoms with Crippen LogP contribution in [0.2, 0.25) is 0 Å². The third-order valence-electron chi connectivity index (χ3n) is 3.94. The maximum atomic E-state index is 9.81. The van der Waals surface area contributed by atoms with Crippen molar-refractivity contribution < 1.29 is 9.79 Å². The summed E-state index contributed by atoms with van der Waals surface area (Å²) in [7, 11) is 0. The predicted molar refractivity (Wildman–Crippen MR) is 61.4 cm³/mol. The van der Waals surface area contributed by atoms with E-state index >= 15 is 0 Å². The van der Waals surface area contributed by atoms with Crippen LogP contribution in [0.5, 0.6) is 0 Å². The lowest BCUT2D eigenvalue weighted by Crippen LogP contribution is -2.42. The second-order valence-corrected chi connectivity index (χ2v) is 5.49. The van der Waals surface area contributed by atoms with Crippen molar-refractivity contribution in [2.45, 2.75) is 64.6 Å². The first-order chi connectivity index (χ1) is 7.68. The topological polar surface area (TPSA) is 29.0 Å². The van der Waals surface area contributed by atoms with Crippen LogP contribution in [-0.4, -0.2) is 15.9 Å². The van der Waals surface area contributed by atoms with Gasteiger partial charge >= 0.3 is 0 Å². The van der Waals surface area contributed by atoms with Crippen molar-refractivity contribution in [1.82, 2.24) is 4.68 Å². The van der Waals surface area contributed by atoms with Crippen LogP contribution in [0, 0.1) is 0 Å². The summed E-state index contributed by atoms with van der Waals surface area (Å²) in [6.07, 6.45) is 4.91. The van der Waals surface area contributed by atoms with E-state index in [4.69, 9.17) is 0 Å². The van der Waals surface area contributed by atoms with Gasteiger partial charge in [0, 0.05) is 11.5 Å². The van der Waals surface area contributed by atoms with Gasteiger partial charge in [-0.15, -0.1) is 4.68 Å². The quantitative estimate of drug-likeness (QED) is 0.708. The Morgan fingerprint density at radius 3 is 2.81 bits per heavy atom. The summed E-state index contributed by atoms with van der Waals surface area (Å²) in [4.78, 5) is 0. The van der Waals surface area contributed by atoms with Gasteiger partial charge in [0.2, 0.25) is 5.69 Å². The third kappa shape index (κ3) is 1.34. The van der Waals surface area contributed by atoms with Gasteiger partial charge < -0.3 is 5.11 Å². The first kappa shape index (κ1) is 10.3. The molecule has 1 unspecified atom stereocenters. The van der Waals surface area contributed by atoms with Crippen molar-refractivity contribution in [3.05, 3.63) is 17.0 Å². The molecule has 2 aliphatic rings. The van der Waals surface area contributed by atoms with E-state index in [1.165, 1.54) is 37.1 Å². The average molecular weight is 221 g/mol. The zero-order chi connectivity index (χ0) is 11.3. The maximum Gasteiger partial charge on any atom is 0.214 e. The van der Waals surface area contributed by atoms with Crippen molar-refractivity contribution in [2.24, 2.45) is 0 Å². The van der Waals surface area contributed by atoms with Crippen LogP contribution < -0.4 is 4.68 Å². The molecule has 0 fully saturated rings. The molecule has 3 heteroatoms. The van der Waals surface area contributed by atoms with Crippen molar-refractivity contribution in [2.75, 3.05) is 0 Å². The van der Waals surface area contributed by atoms with E-state index in [0.29, 0.717) is 5.92 Å². The molecule has 0 bridgehead atoms. The zero-order valence-electron chi connectivity index (χ0n) is 10.2. The van der Waals surface area contributed by atoms with Crippen molar-refractivity contribution in [3.8, 4) is 0 Å². The molecule has 0 saturated carbocycles. The van der Waals surface area contributed by atoms with E-state index in [1.54, 1.807) is 5.56 Å². The molecule has 0 radical (unpaired) electrons. The summed E-state index contributed by atoms with van der Waals surface area (Å²) < 4.78 is 4.68. The van der Waals surface area contributed by atoms with Gasteiger partial charge in [0.05, 0.1) is 5.69 Å². The molecule has 1 aromatic rings. The van der Waals surface area contributed by atoms with Gasteiger partial charge in [0.1, 0.15) is 12.6 Å². The van der Waals surface area contributed by atoms with E-state index in [9.17, 15) is 5.11 Å². The highest BCUT2D eigenvalue weighted by Gasteiger charge is 2.38. The minimum absolute atomic E-state index is 0.176. The monoisotopic (exact) mass is 221 g/mol. The highest BCUT2D eigenvalue weighted by Crippen LogP contribution is 2.29. The third-order valence-corrected chi connectivity index (χ3v) is 3.94. The first-order valence-electron chi connectivity index (χ1n) is 6.50. The van der Waals surface area contributed by atoms with Crippen LogP contribution >= 0.6 is 0 Å². The maximum absolute atomic E-state index is 9.81. The van der Waals surface area contributed by atoms with Crippen LogP contribution in [0.4, 0.5) is 0 Å². The fourth-order valence-electron chi connectivity index (χ4n) is 3.39. The molecular weight excluding hydrogens is 200 g/mol. The largest absolute Gasteiger partial charge is 0.384 e. The van der Waals surface area contributed by atoms with E-state index < -0.39 is 0 Å². The minimum atomic E-state index is -0.176. The molecule has 88 valence electrons. The summed E-state index contributed by atoms with van der Waals surface area (Å²) in [5.41, 5.74) is 4.57. The Hall–Kier alpha value is -0.830. The van der Waals surface area contributed by atoms with E-state index in [1.807, 2.05) is 0 Å². The molecule has 3 nitrogen and oxygen atoms in total. The number of nitrogens with zero attached hydrogens (tertiary/aromatic N) is 2. The van der Waals surface area contributed by atoms with Crippen molar-refractivity contribution >= 4 is 0 Å². The molecule has 1 N–H and O–H groups in total. The van der Waals surface area contributed by atoms with Gasteiger partial charge in [0.15, 0.2) is 6.54 Å². The Balaban J connectivity index is 2.16. The van der Waals surface area contributed by atoms with Gasteiger partial charge in [-0.1, -0.05) is 13.8 Å². The van der Waals surface area contributed by atoms with E-state index in [0.717, 1.165) is 13.1 Å². The van der Waals surface area contributed by atoms with Crippen LogP contribution in [0.15, 0.2) is 0 Å². The standard InChI is InChI=1S/C13H21N2O/c1-9(2)13-11-5-3-4-6-12(11)14-7-10(16)8-15(13)14/h9-10,16H,3-8H2,1-2H3/q+1. The summed E-state index contributed by atoms with van der Waals surface area (Å²) in [5.74, 6) is 0.568. The van der Waals surface area contributed by atoms with Gasteiger partial charge in [-0.3, -0.25) is 0 Å². The molecule has 0 saturated heterocycles. The number of aliphatic hydroxyl groups is 1. The Bertz CT molecular complexity index is 420. The average Bonchev–Trinajstić information content (AvgIpc) is 2.72. The first-order valence-corrected chi connectivity index (χ1v) is 6.50. The number of rotatable bonds is 1. The van der Waals surface area contributed by atoms with Gasteiger partial charge in [0.25, 0.3) is 0 Å². The second kappa shape index (κ2) is 3.59. The summed E-state index contributed by atoms with van der Waals surface area (Å²) >= 11 is 0. The summed E-state index contributed by atoms with van der Waals surface area (Å²) in [6, 6.07) is 0. The minimum Gasteiger partial charge on any atom is -0.384 e. The lowest BCUT2D eigenvalue weighted by atomic mass is 9.92. The molecule has 0 amide bonds. The second-order valence-electron chi connectivity index (χ2n) is 5.49. The molecular formula is C13H21N2O+.